The SMILES string of the molecule is NNC(=O)c1sccc1COc1ccc(Br)cc1. The van der Waals surface area contributed by atoms with E-state index in [4.69, 9.17) is 10.6 Å². The Bertz CT molecular complexity index is 539. The summed E-state index contributed by atoms with van der Waals surface area (Å²) in [6.45, 7) is 0.341. The summed E-state index contributed by atoms with van der Waals surface area (Å²) in [5.74, 6) is 5.58. The number of hydrogen-bond donors (Lipinski definition) is 2. The largest absolute Gasteiger partial charge is 0.489 e. The summed E-state index contributed by atoms with van der Waals surface area (Å²) in [7, 11) is 0. The van der Waals surface area contributed by atoms with E-state index in [1.54, 1.807) is 0 Å². The molecule has 2 rings (SSSR count). The number of rotatable bonds is 4. The van der Waals surface area contributed by atoms with Gasteiger partial charge >= 0.3 is 0 Å². The van der Waals surface area contributed by atoms with E-state index in [1.807, 2.05) is 35.7 Å². The van der Waals surface area contributed by atoms with Crippen LogP contribution in [-0.4, -0.2) is 5.91 Å². The van der Waals surface area contributed by atoms with Crippen LogP contribution in [0.3, 0.4) is 0 Å². The van der Waals surface area contributed by atoms with Crippen molar-refractivity contribution in [3.8, 4) is 5.75 Å². The molecule has 0 saturated heterocycles. The van der Waals surface area contributed by atoms with Gasteiger partial charge in [-0.2, -0.15) is 0 Å². The molecule has 0 atom stereocenters. The van der Waals surface area contributed by atoms with Gasteiger partial charge in [0, 0.05) is 10.0 Å². The first-order valence-corrected chi connectivity index (χ1v) is 6.83. The summed E-state index contributed by atoms with van der Waals surface area (Å²) in [5.41, 5.74) is 2.95. The summed E-state index contributed by atoms with van der Waals surface area (Å²) < 4.78 is 6.60. The fraction of sp³-hybridized carbons (Fsp3) is 0.0833. The van der Waals surface area contributed by atoms with E-state index >= 15 is 0 Å². The van der Waals surface area contributed by atoms with Crippen LogP contribution in [0, 0.1) is 0 Å². The Morgan fingerprint density at radius 2 is 2.06 bits per heavy atom. The van der Waals surface area contributed by atoms with Crippen LogP contribution in [0.4, 0.5) is 0 Å². The van der Waals surface area contributed by atoms with E-state index in [0.29, 0.717) is 11.5 Å². The van der Waals surface area contributed by atoms with Crippen molar-refractivity contribution in [2.24, 2.45) is 5.84 Å². The number of hydrogen-bond acceptors (Lipinski definition) is 4. The molecule has 0 unspecified atom stereocenters. The Balaban J connectivity index is 2.04. The lowest BCUT2D eigenvalue weighted by Crippen LogP contribution is -2.30. The number of carbonyl (C=O) groups excluding carboxylic acids is 1. The molecule has 0 aliphatic rings. The zero-order valence-corrected chi connectivity index (χ0v) is 11.8. The van der Waals surface area contributed by atoms with Gasteiger partial charge in [0.15, 0.2) is 0 Å². The highest BCUT2D eigenvalue weighted by Gasteiger charge is 2.12. The number of ether oxygens (including phenoxy) is 1. The number of carbonyl (C=O) groups is 1. The van der Waals surface area contributed by atoms with Gasteiger partial charge in [-0.1, -0.05) is 15.9 Å². The molecule has 0 aliphatic heterocycles. The molecule has 0 aliphatic carbocycles. The van der Waals surface area contributed by atoms with Crippen LogP contribution in [0.5, 0.6) is 5.75 Å². The first-order chi connectivity index (χ1) is 8.70. The minimum absolute atomic E-state index is 0.292. The molecule has 1 amide bonds. The summed E-state index contributed by atoms with van der Waals surface area (Å²) in [6, 6.07) is 9.37. The third-order valence-electron chi connectivity index (χ3n) is 2.29. The molecule has 94 valence electrons. The van der Waals surface area contributed by atoms with E-state index in [1.165, 1.54) is 11.3 Å². The Labute approximate surface area is 117 Å². The number of amides is 1. The minimum atomic E-state index is -0.292. The smallest absolute Gasteiger partial charge is 0.275 e. The predicted octanol–water partition coefficient (Wildman–Crippen LogP) is 2.69. The van der Waals surface area contributed by atoms with Crippen molar-refractivity contribution in [3.63, 3.8) is 0 Å². The van der Waals surface area contributed by atoms with Gasteiger partial charge in [0.05, 0.1) is 4.88 Å². The highest BCUT2D eigenvalue weighted by molar-refractivity contribution is 9.10. The van der Waals surface area contributed by atoms with Crippen LogP contribution in [0.15, 0.2) is 40.2 Å². The molecule has 0 fully saturated rings. The Morgan fingerprint density at radius 3 is 2.72 bits per heavy atom. The van der Waals surface area contributed by atoms with E-state index < -0.39 is 0 Å². The van der Waals surface area contributed by atoms with Crippen molar-refractivity contribution in [3.05, 3.63) is 50.6 Å². The van der Waals surface area contributed by atoms with E-state index in [0.717, 1.165) is 15.8 Å². The van der Waals surface area contributed by atoms with Crippen LogP contribution < -0.4 is 16.0 Å². The van der Waals surface area contributed by atoms with Crippen molar-refractivity contribution in [1.82, 2.24) is 5.43 Å². The molecule has 0 spiro atoms. The number of benzene rings is 1. The Kier molecular flexibility index (Phi) is 4.35. The molecule has 1 heterocycles. The fourth-order valence-electron chi connectivity index (χ4n) is 1.41. The van der Waals surface area contributed by atoms with Gasteiger partial charge in [0.1, 0.15) is 12.4 Å². The number of nitrogens with two attached hydrogens (primary N) is 1. The van der Waals surface area contributed by atoms with Crippen molar-refractivity contribution in [1.29, 1.82) is 0 Å². The monoisotopic (exact) mass is 326 g/mol. The molecular formula is C12H11BrN2O2S. The summed E-state index contributed by atoms with van der Waals surface area (Å²) in [6.07, 6.45) is 0. The maximum Gasteiger partial charge on any atom is 0.275 e. The second-order valence-corrected chi connectivity index (χ2v) is 5.32. The molecule has 18 heavy (non-hydrogen) atoms. The Hall–Kier alpha value is -1.37. The zero-order valence-electron chi connectivity index (χ0n) is 9.35. The molecule has 6 heteroatoms. The second-order valence-electron chi connectivity index (χ2n) is 3.49. The van der Waals surface area contributed by atoms with Crippen molar-refractivity contribution in [2.75, 3.05) is 0 Å². The standard InChI is InChI=1S/C12H11BrN2O2S/c13-9-1-3-10(4-2-9)17-7-8-5-6-18-11(8)12(16)15-14/h1-6H,7,14H2,(H,15,16). The average molecular weight is 327 g/mol. The third-order valence-corrected chi connectivity index (χ3v) is 3.78. The summed E-state index contributed by atoms with van der Waals surface area (Å²) >= 11 is 4.69. The van der Waals surface area contributed by atoms with Crippen LogP contribution in [0.25, 0.3) is 0 Å². The quantitative estimate of drug-likeness (QED) is 0.516. The van der Waals surface area contributed by atoms with Gasteiger partial charge < -0.3 is 4.74 Å². The van der Waals surface area contributed by atoms with Gasteiger partial charge in [0.25, 0.3) is 5.91 Å². The Morgan fingerprint density at radius 1 is 1.33 bits per heavy atom. The molecular weight excluding hydrogens is 316 g/mol. The number of nitrogens with one attached hydrogen (secondary N) is 1. The summed E-state index contributed by atoms with van der Waals surface area (Å²) in [5, 5.41) is 1.84. The molecule has 1 aromatic heterocycles. The van der Waals surface area contributed by atoms with Crippen molar-refractivity contribution in [2.45, 2.75) is 6.61 Å². The van der Waals surface area contributed by atoms with E-state index in [9.17, 15) is 4.79 Å². The van der Waals surface area contributed by atoms with Gasteiger partial charge in [-0.25, -0.2) is 5.84 Å². The normalized spacial score (nSPS) is 10.1. The van der Waals surface area contributed by atoms with Gasteiger partial charge in [-0.05, 0) is 35.7 Å². The van der Waals surface area contributed by atoms with Crippen molar-refractivity contribution >= 4 is 33.2 Å². The predicted molar refractivity (Wildman–Crippen MR) is 74.4 cm³/mol. The second kappa shape index (κ2) is 5.99. The number of halogens is 1. The first kappa shape index (κ1) is 13.1. The lowest BCUT2D eigenvalue weighted by Gasteiger charge is -2.06. The lowest BCUT2D eigenvalue weighted by atomic mass is 10.2. The molecule has 3 N–H and O–H groups in total. The molecule has 0 radical (unpaired) electrons. The first-order valence-electron chi connectivity index (χ1n) is 5.16. The van der Waals surface area contributed by atoms with Crippen LogP contribution in [-0.2, 0) is 6.61 Å². The fourth-order valence-corrected chi connectivity index (χ4v) is 2.48. The van der Waals surface area contributed by atoms with Crippen LogP contribution in [0.1, 0.15) is 15.2 Å². The zero-order chi connectivity index (χ0) is 13.0. The number of thiophene rings is 1. The highest BCUT2D eigenvalue weighted by Crippen LogP contribution is 2.21. The van der Waals surface area contributed by atoms with E-state index in [-0.39, 0.29) is 5.91 Å². The maximum atomic E-state index is 11.5. The molecule has 0 saturated carbocycles. The minimum Gasteiger partial charge on any atom is -0.489 e. The molecule has 0 bridgehead atoms. The van der Waals surface area contributed by atoms with Gasteiger partial charge in [-0.3, -0.25) is 10.2 Å². The lowest BCUT2D eigenvalue weighted by molar-refractivity contribution is 0.0955. The van der Waals surface area contributed by atoms with Crippen LogP contribution >= 0.6 is 27.3 Å². The van der Waals surface area contributed by atoms with Gasteiger partial charge in [-0.15, -0.1) is 11.3 Å². The summed E-state index contributed by atoms with van der Waals surface area (Å²) in [4.78, 5) is 12.0. The van der Waals surface area contributed by atoms with E-state index in [2.05, 4.69) is 21.4 Å². The maximum absolute atomic E-state index is 11.5. The number of hydrazine groups is 1. The van der Waals surface area contributed by atoms with Crippen molar-refractivity contribution < 1.29 is 9.53 Å². The third kappa shape index (κ3) is 3.10. The average Bonchev–Trinajstić information content (AvgIpc) is 2.85. The molecule has 1 aromatic carbocycles. The molecule has 2 aromatic rings. The highest BCUT2D eigenvalue weighted by atomic mass is 79.9. The topological polar surface area (TPSA) is 64.3 Å². The number of nitrogen functional groups attached to an aromatic ring is 1. The molecule has 4 nitrogen and oxygen atoms in total. The van der Waals surface area contributed by atoms with Crippen LogP contribution in [0.2, 0.25) is 0 Å². The van der Waals surface area contributed by atoms with Gasteiger partial charge in [0.2, 0.25) is 0 Å².